The number of carbonyl (C=O) groups is 3. The Kier molecular flexibility index (Phi) is 4.22. The highest BCUT2D eigenvalue weighted by atomic mass is 19.1. The summed E-state index contributed by atoms with van der Waals surface area (Å²) in [6, 6.07) is 8.96. The lowest BCUT2D eigenvalue weighted by Crippen LogP contribution is -2.35. The van der Waals surface area contributed by atoms with Gasteiger partial charge < -0.3 is 10.4 Å². The fourth-order valence-electron chi connectivity index (χ4n) is 2.73. The number of amides is 2. The zero-order valence-electron chi connectivity index (χ0n) is 13.3. The molecule has 0 radical (unpaired) electrons. The number of hydrogen-bond acceptors (Lipinski definition) is 4. The van der Waals surface area contributed by atoms with Gasteiger partial charge in [0.2, 0.25) is 5.91 Å². The first-order valence-corrected chi connectivity index (χ1v) is 7.59. The number of carboxylic acid groups (broad SMARTS) is 1. The first kappa shape index (κ1) is 16.6. The number of aryl methyl sites for hydroxylation is 1. The molecule has 0 spiro atoms. The topological polar surface area (TPSA) is 86.7 Å². The number of rotatable bonds is 4. The van der Waals surface area contributed by atoms with Crippen molar-refractivity contribution < 1.29 is 23.9 Å². The summed E-state index contributed by atoms with van der Waals surface area (Å²) in [7, 11) is 0. The molecule has 2 aromatic rings. The number of imide groups is 1. The quantitative estimate of drug-likeness (QED) is 0.834. The van der Waals surface area contributed by atoms with Crippen LogP contribution in [-0.4, -0.2) is 28.9 Å². The van der Waals surface area contributed by atoms with Crippen molar-refractivity contribution in [2.75, 3.05) is 10.2 Å². The maximum atomic E-state index is 13.0. The van der Waals surface area contributed by atoms with Gasteiger partial charge in [0, 0.05) is 5.69 Å². The molecule has 128 valence electrons. The van der Waals surface area contributed by atoms with Gasteiger partial charge in [0.1, 0.15) is 11.9 Å². The third-order valence-electron chi connectivity index (χ3n) is 4.03. The molecule has 0 aliphatic carbocycles. The third-order valence-corrected chi connectivity index (χ3v) is 4.03. The van der Waals surface area contributed by atoms with E-state index >= 15 is 0 Å². The molecule has 7 heteroatoms. The molecule has 0 unspecified atom stereocenters. The van der Waals surface area contributed by atoms with Gasteiger partial charge in [-0.05, 0) is 48.9 Å². The van der Waals surface area contributed by atoms with Gasteiger partial charge in [-0.2, -0.15) is 0 Å². The van der Waals surface area contributed by atoms with Crippen LogP contribution in [0, 0.1) is 12.7 Å². The van der Waals surface area contributed by atoms with Crippen molar-refractivity contribution in [1.29, 1.82) is 0 Å². The number of halogens is 1. The lowest BCUT2D eigenvalue weighted by molar-refractivity contribution is -0.121. The molecular weight excluding hydrogens is 327 g/mol. The van der Waals surface area contributed by atoms with Gasteiger partial charge >= 0.3 is 5.97 Å². The summed E-state index contributed by atoms with van der Waals surface area (Å²) in [6.45, 7) is 1.70. The van der Waals surface area contributed by atoms with Crippen LogP contribution >= 0.6 is 0 Å². The first-order valence-electron chi connectivity index (χ1n) is 7.59. The molecule has 2 amide bonds. The van der Waals surface area contributed by atoms with Gasteiger partial charge in [-0.15, -0.1) is 0 Å². The van der Waals surface area contributed by atoms with Crippen LogP contribution in [0.25, 0.3) is 0 Å². The smallest absolute Gasteiger partial charge is 0.335 e. The summed E-state index contributed by atoms with van der Waals surface area (Å²) in [4.78, 5) is 37.1. The van der Waals surface area contributed by atoms with Crippen LogP contribution < -0.4 is 10.2 Å². The second kappa shape index (κ2) is 6.35. The fraction of sp³-hybridized carbons (Fsp3) is 0.167. The SMILES string of the molecule is Cc1ccc(C(=O)O)cc1N1C(=O)C[C@H](Nc2ccc(F)cc2)C1=O. The van der Waals surface area contributed by atoms with Crippen LogP contribution in [-0.2, 0) is 9.59 Å². The Morgan fingerprint density at radius 1 is 1.20 bits per heavy atom. The minimum atomic E-state index is -1.14. The molecule has 1 aliphatic rings. The minimum Gasteiger partial charge on any atom is -0.478 e. The van der Waals surface area contributed by atoms with E-state index in [1.807, 2.05) is 0 Å². The van der Waals surface area contributed by atoms with E-state index in [-0.39, 0.29) is 17.7 Å². The zero-order chi connectivity index (χ0) is 18.1. The number of anilines is 2. The van der Waals surface area contributed by atoms with Gasteiger partial charge in [0.15, 0.2) is 0 Å². The highest BCUT2D eigenvalue weighted by Crippen LogP contribution is 2.28. The summed E-state index contributed by atoms with van der Waals surface area (Å²) >= 11 is 0. The number of nitrogens with zero attached hydrogens (tertiary/aromatic N) is 1. The molecule has 1 aliphatic heterocycles. The van der Waals surface area contributed by atoms with E-state index in [9.17, 15) is 18.8 Å². The van der Waals surface area contributed by atoms with Crippen LogP contribution in [0.2, 0.25) is 0 Å². The summed E-state index contributed by atoms with van der Waals surface area (Å²) in [5.41, 5.74) is 1.40. The van der Waals surface area contributed by atoms with E-state index in [1.165, 1.54) is 36.4 Å². The second-order valence-electron chi connectivity index (χ2n) is 5.78. The van der Waals surface area contributed by atoms with Crippen molar-refractivity contribution in [3.05, 3.63) is 59.4 Å². The number of carboxylic acids is 1. The lowest BCUT2D eigenvalue weighted by atomic mass is 10.1. The molecule has 6 nitrogen and oxygen atoms in total. The molecule has 0 aromatic heterocycles. The average Bonchev–Trinajstić information content (AvgIpc) is 2.84. The Morgan fingerprint density at radius 3 is 2.52 bits per heavy atom. The van der Waals surface area contributed by atoms with Gasteiger partial charge in [-0.3, -0.25) is 9.59 Å². The Morgan fingerprint density at radius 2 is 1.88 bits per heavy atom. The Balaban J connectivity index is 1.88. The predicted molar refractivity (Wildman–Crippen MR) is 89.1 cm³/mol. The van der Waals surface area contributed by atoms with Gasteiger partial charge in [-0.25, -0.2) is 14.1 Å². The van der Waals surface area contributed by atoms with Gasteiger partial charge in [-0.1, -0.05) is 6.07 Å². The summed E-state index contributed by atoms with van der Waals surface area (Å²) in [5, 5.41) is 12.0. The number of benzene rings is 2. The normalized spacial score (nSPS) is 17.0. The molecular formula is C18H15FN2O4. The zero-order valence-corrected chi connectivity index (χ0v) is 13.3. The van der Waals surface area contributed by atoms with Crippen LogP contribution in [0.15, 0.2) is 42.5 Å². The Bertz CT molecular complexity index is 864. The molecule has 1 atom stereocenters. The third kappa shape index (κ3) is 3.21. The van der Waals surface area contributed by atoms with Crippen LogP contribution in [0.5, 0.6) is 0 Å². The van der Waals surface area contributed by atoms with Crippen molar-refractivity contribution in [3.8, 4) is 0 Å². The second-order valence-corrected chi connectivity index (χ2v) is 5.78. The summed E-state index contributed by atoms with van der Waals surface area (Å²) < 4.78 is 13.0. The Labute approximate surface area is 142 Å². The monoisotopic (exact) mass is 342 g/mol. The predicted octanol–water partition coefficient (Wildman–Crippen LogP) is 2.58. The van der Waals surface area contributed by atoms with E-state index in [0.29, 0.717) is 11.3 Å². The van der Waals surface area contributed by atoms with Crippen molar-refractivity contribution in [2.24, 2.45) is 0 Å². The minimum absolute atomic E-state index is 0.00357. The van der Waals surface area contributed by atoms with Crippen molar-refractivity contribution >= 4 is 29.2 Å². The first-order chi connectivity index (χ1) is 11.9. The molecule has 2 aromatic carbocycles. The molecule has 0 saturated carbocycles. The van der Waals surface area contributed by atoms with Crippen molar-refractivity contribution in [3.63, 3.8) is 0 Å². The van der Waals surface area contributed by atoms with Crippen molar-refractivity contribution in [2.45, 2.75) is 19.4 Å². The maximum absolute atomic E-state index is 13.0. The van der Waals surface area contributed by atoms with E-state index in [0.717, 1.165) is 4.90 Å². The lowest BCUT2D eigenvalue weighted by Gasteiger charge is -2.18. The highest BCUT2D eigenvalue weighted by molar-refractivity contribution is 6.23. The van der Waals surface area contributed by atoms with Gasteiger partial charge in [0.25, 0.3) is 5.91 Å². The number of aromatic carboxylic acids is 1. The summed E-state index contributed by atoms with van der Waals surface area (Å²) in [6.07, 6.45) is -0.0626. The molecule has 2 N–H and O–H groups in total. The summed E-state index contributed by atoms with van der Waals surface area (Å²) in [5.74, 6) is -2.43. The van der Waals surface area contributed by atoms with Gasteiger partial charge in [0.05, 0.1) is 17.7 Å². The molecule has 25 heavy (non-hydrogen) atoms. The number of hydrogen-bond donors (Lipinski definition) is 2. The largest absolute Gasteiger partial charge is 0.478 e. The van der Waals surface area contributed by atoms with Crippen LogP contribution in [0.4, 0.5) is 15.8 Å². The van der Waals surface area contributed by atoms with Crippen LogP contribution in [0.1, 0.15) is 22.3 Å². The van der Waals surface area contributed by atoms with Crippen LogP contribution in [0.3, 0.4) is 0 Å². The van der Waals surface area contributed by atoms with E-state index in [2.05, 4.69) is 5.32 Å². The maximum Gasteiger partial charge on any atom is 0.335 e. The number of nitrogens with one attached hydrogen (secondary N) is 1. The fourth-order valence-corrected chi connectivity index (χ4v) is 2.73. The van der Waals surface area contributed by atoms with E-state index < -0.39 is 29.6 Å². The molecule has 1 saturated heterocycles. The Hall–Kier alpha value is -3.22. The highest BCUT2D eigenvalue weighted by Gasteiger charge is 2.40. The molecule has 1 heterocycles. The van der Waals surface area contributed by atoms with E-state index in [4.69, 9.17) is 5.11 Å². The number of carbonyl (C=O) groups excluding carboxylic acids is 2. The molecule has 3 rings (SSSR count). The standard InChI is InChI=1S/C18H15FN2O4/c1-10-2-3-11(18(24)25)8-15(10)21-16(22)9-14(17(21)23)20-13-6-4-12(19)5-7-13/h2-8,14,20H,9H2,1H3,(H,24,25)/t14-/m0/s1. The average molecular weight is 342 g/mol. The van der Waals surface area contributed by atoms with Crippen molar-refractivity contribution in [1.82, 2.24) is 0 Å². The molecule has 0 bridgehead atoms. The molecule has 1 fully saturated rings. The van der Waals surface area contributed by atoms with E-state index in [1.54, 1.807) is 13.0 Å².